The largest absolute Gasteiger partial charge is 0.357 e. The van der Waals surface area contributed by atoms with Gasteiger partial charge in [-0.1, -0.05) is 0 Å². The van der Waals surface area contributed by atoms with E-state index >= 15 is 0 Å². The summed E-state index contributed by atoms with van der Waals surface area (Å²) in [6, 6.07) is 0. The zero-order chi connectivity index (χ0) is 17.4. The molecule has 0 atom stereocenters. The van der Waals surface area contributed by atoms with Crippen molar-refractivity contribution in [1.82, 2.24) is 19.6 Å². The molecule has 0 amide bonds. The minimum absolute atomic E-state index is 0. The Balaban J connectivity index is 0.00000225. The van der Waals surface area contributed by atoms with Gasteiger partial charge in [-0.3, -0.25) is 4.40 Å². The lowest BCUT2D eigenvalue weighted by Crippen LogP contribution is -2.57. The molecule has 1 aliphatic rings. The van der Waals surface area contributed by atoms with Crippen LogP contribution in [0, 0.1) is 0 Å². The minimum Gasteiger partial charge on any atom is -0.357 e. The molecule has 0 spiro atoms. The van der Waals surface area contributed by atoms with E-state index in [4.69, 9.17) is 0 Å². The van der Waals surface area contributed by atoms with Crippen molar-refractivity contribution in [2.45, 2.75) is 32.1 Å². The second-order valence-corrected chi connectivity index (χ2v) is 10.1. The fraction of sp³-hybridized carbons (Fsp3) is 0.600. The fourth-order valence-electron chi connectivity index (χ4n) is 2.76. The molecule has 0 unspecified atom stereocenters. The van der Waals surface area contributed by atoms with Gasteiger partial charge in [-0.25, -0.2) is 18.4 Å². The summed E-state index contributed by atoms with van der Waals surface area (Å²) in [6.45, 7) is 7.69. The van der Waals surface area contributed by atoms with Crippen LogP contribution in [0.15, 0.2) is 22.8 Å². The van der Waals surface area contributed by atoms with E-state index in [1.165, 1.54) is 0 Å². The van der Waals surface area contributed by atoms with Gasteiger partial charge in [0.15, 0.2) is 20.8 Å². The summed E-state index contributed by atoms with van der Waals surface area (Å²) in [5.74, 6) is 0.904. The Morgan fingerprint density at radius 1 is 1.48 bits per heavy atom. The van der Waals surface area contributed by atoms with Crippen LogP contribution in [0.3, 0.4) is 0 Å². The van der Waals surface area contributed by atoms with Crippen molar-refractivity contribution < 1.29 is 8.42 Å². The third-order valence-electron chi connectivity index (χ3n) is 4.21. The molecule has 0 saturated carbocycles. The van der Waals surface area contributed by atoms with Gasteiger partial charge in [-0.05, 0) is 20.8 Å². The van der Waals surface area contributed by atoms with Crippen LogP contribution in [-0.4, -0.2) is 58.8 Å². The summed E-state index contributed by atoms with van der Waals surface area (Å²) in [5.41, 5.74) is 0.904. The molecule has 0 aliphatic carbocycles. The molecule has 1 fully saturated rings. The Kier molecular flexibility index (Phi) is 6.36. The number of imidazole rings is 1. The van der Waals surface area contributed by atoms with Crippen LogP contribution in [0.4, 0.5) is 0 Å². The fourth-order valence-corrected chi connectivity index (χ4v) is 4.84. The first-order chi connectivity index (χ1) is 11.3. The normalized spacial score (nSPS) is 19.6. The van der Waals surface area contributed by atoms with Crippen molar-refractivity contribution in [3.8, 4) is 0 Å². The lowest BCUT2D eigenvalue weighted by molar-refractivity contribution is 0.353. The Morgan fingerprint density at radius 3 is 2.88 bits per heavy atom. The molecular formula is C15H24IN5O2S2. The third kappa shape index (κ3) is 4.27. The lowest BCUT2D eigenvalue weighted by Gasteiger charge is -2.39. The Morgan fingerprint density at radius 2 is 2.24 bits per heavy atom. The molecule has 3 rings (SSSR count). The molecular weight excluding hydrogens is 473 g/mol. The standard InChI is InChI=1S/C15H23N5O2S2.HI/c1-4-16-13(20-6-8-24(21,22)15(2,3)11-20)17-9-12-10-19-5-7-23-14(19)18-12;/h5,7,10H,4,6,8-9,11H2,1-3H3,(H,16,17);1H. The Hall–Kier alpha value is -0.880. The van der Waals surface area contributed by atoms with Crippen molar-refractivity contribution in [3.05, 3.63) is 23.5 Å². The molecule has 0 radical (unpaired) electrons. The van der Waals surface area contributed by atoms with E-state index in [0.717, 1.165) is 23.2 Å². The van der Waals surface area contributed by atoms with Gasteiger partial charge in [0.1, 0.15) is 0 Å². The van der Waals surface area contributed by atoms with Crippen molar-refractivity contribution in [1.29, 1.82) is 0 Å². The summed E-state index contributed by atoms with van der Waals surface area (Å²) >= 11 is 1.59. The second kappa shape index (κ2) is 7.78. The maximum atomic E-state index is 12.2. The molecule has 1 aliphatic heterocycles. The number of nitrogens with zero attached hydrogens (tertiary/aromatic N) is 4. The number of guanidine groups is 1. The molecule has 1 saturated heterocycles. The van der Waals surface area contributed by atoms with Crippen molar-refractivity contribution in [2.75, 3.05) is 25.4 Å². The topological polar surface area (TPSA) is 79.1 Å². The zero-order valence-electron chi connectivity index (χ0n) is 14.6. The maximum Gasteiger partial charge on any atom is 0.194 e. The van der Waals surface area contributed by atoms with Crippen LogP contribution in [-0.2, 0) is 16.4 Å². The molecule has 2 aromatic rings. The average molecular weight is 497 g/mol. The number of aliphatic imine (C=N–C) groups is 1. The maximum absolute atomic E-state index is 12.2. The van der Waals surface area contributed by atoms with E-state index in [-0.39, 0.29) is 29.7 Å². The summed E-state index contributed by atoms with van der Waals surface area (Å²) in [5, 5.41) is 5.26. The van der Waals surface area contributed by atoms with Crippen molar-refractivity contribution in [3.63, 3.8) is 0 Å². The Labute approximate surface area is 169 Å². The van der Waals surface area contributed by atoms with Gasteiger partial charge in [-0.2, -0.15) is 0 Å². The van der Waals surface area contributed by atoms with Gasteiger partial charge in [0.2, 0.25) is 0 Å². The average Bonchev–Trinajstić information content (AvgIpc) is 3.07. The highest BCUT2D eigenvalue weighted by atomic mass is 127. The highest BCUT2D eigenvalue weighted by Gasteiger charge is 2.40. The van der Waals surface area contributed by atoms with E-state index in [9.17, 15) is 8.42 Å². The monoisotopic (exact) mass is 497 g/mol. The first-order valence-electron chi connectivity index (χ1n) is 7.99. The lowest BCUT2D eigenvalue weighted by atomic mass is 10.2. The molecule has 140 valence electrons. The number of hydrogen-bond donors (Lipinski definition) is 1. The quantitative estimate of drug-likeness (QED) is 0.399. The zero-order valence-corrected chi connectivity index (χ0v) is 18.6. The highest BCUT2D eigenvalue weighted by molar-refractivity contribution is 14.0. The van der Waals surface area contributed by atoms with Gasteiger partial charge in [0.05, 0.1) is 22.7 Å². The molecule has 7 nitrogen and oxygen atoms in total. The van der Waals surface area contributed by atoms with E-state index in [1.807, 2.05) is 34.0 Å². The van der Waals surface area contributed by atoms with Gasteiger partial charge in [0, 0.05) is 37.4 Å². The minimum atomic E-state index is -3.06. The van der Waals surface area contributed by atoms with Gasteiger partial charge < -0.3 is 10.2 Å². The number of aromatic nitrogens is 2. The molecule has 3 heterocycles. The number of fused-ring (bicyclic) bond motifs is 1. The molecule has 0 bridgehead atoms. The summed E-state index contributed by atoms with van der Waals surface area (Å²) in [7, 11) is -3.06. The predicted octanol–water partition coefficient (Wildman–Crippen LogP) is 1.99. The first-order valence-corrected chi connectivity index (χ1v) is 10.5. The molecule has 1 N–H and O–H groups in total. The van der Waals surface area contributed by atoms with Crippen LogP contribution in [0.1, 0.15) is 26.5 Å². The van der Waals surface area contributed by atoms with E-state index in [1.54, 1.807) is 25.2 Å². The molecule has 0 aromatic carbocycles. The number of sulfone groups is 1. The highest BCUT2D eigenvalue weighted by Crippen LogP contribution is 2.23. The van der Waals surface area contributed by atoms with Crippen molar-refractivity contribution in [2.24, 2.45) is 4.99 Å². The number of rotatable bonds is 3. The molecule has 10 heteroatoms. The van der Waals surface area contributed by atoms with E-state index < -0.39 is 14.6 Å². The first kappa shape index (κ1) is 20.4. The molecule has 2 aromatic heterocycles. The van der Waals surface area contributed by atoms with Crippen LogP contribution in [0.25, 0.3) is 4.96 Å². The number of thiazole rings is 1. The third-order valence-corrected chi connectivity index (χ3v) is 7.52. The summed E-state index contributed by atoms with van der Waals surface area (Å²) in [4.78, 5) is 12.2. The smallest absolute Gasteiger partial charge is 0.194 e. The van der Waals surface area contributed by atoms with E-state index in [2.05, 4.69) is 15.3 Å². The predicted molar refractivity (Wildman–Crippen MR) is 113 cm³/mol. The van der Waals surface area contributed by atoms with Gasteiger partial charge in [-0.15, -0.1) is 35.3 Å². The Bertz CT molecular complexity index is 828. The SMILES string of the molecule is CCNC(=NCc1cn2ccsc2n1)N1CCS(=O)(=O)C(C)(C)C1.I. The van der Waals surface area contributed by atoms with Crippen LogP contribution in [0.2, 0.25) is 0 Å². The van der Waals surface area contributed by atoms with Gasteiger partial charge in [0.25, 0.3) is 0 Å². The van der Waals surface area contributed by atoms with Crippen LogP contribution in [0.5, 0.6) is 0 Å². The van der Waals surface area contributed by atoms with Crippen LogP contribution >= 0.6 is 35.3 Å². The summed E-state index contributed by atoms with van der Waals surface area (Å²) < 4.78 is 25.6. The number of hydrogen-bond acceptors (Lipinski definition) is 5. The van der Waals surface area contributed by atoms with Crippen molar-refractivity contribution >= 4 is 56.1 Å². The molecule has 25 heavy (non-hydrogen) atoms. The second-order valence-electron chi connectivity index (χ2n) is 6.50. The summed E-state index contributed by atoms with van der Waals surface area (Å²) in [6.07, 6.45) is 3.95. The van der Waals surface area contributed by atoms with Crippen LogP contribution < -0.4 is 5.32 Å². The number of nitrogens with one attached hydrogen (secondary N) is 1. The van der Waals surface area contributed by atoms with Gasteiger partial charge >= 0.3 is 0 Å². The number of halogens is 1. The van der Waals surface area contributed by atoms with E-state index in [0.29, 0.717) is 19.6 Å².